The van der Waals surface area contributed by atoms with Crippen molar-refractivity contribution in [2.24, 2.45) is 0 Å². The molecule has 0 fully saturated rings. The first kappa shape index (κ1) is 17.2. The molecule has 0 saturated carbocycles. The van der Waals surface area contributed by atoms with E-state index in [2.05, 4.69) is 10.3 Å². The van der Waals surface area contributed by atoms with Crippen LogP contribution in [0.3, 0.4) is 0 Å². The predicted octanol–water partition coefficient (Wildman–Crippen LogP) is 5.09. The lowest BCUT2D eigenvalue weighted by atomic mass is 10.1. The van der Waals surface area contributed by atoms with Gasteiger partial charge in [-0.1, -0.05) is 41.7 Å². The summed E-state index contributed by atoms with van der Waals surface area (Å²) in [5.74, 6) is -0.114. The van der Waals surface area contributed by atoms with Crippen LogP contribution in [0.5, 0.6) is 0 Å². The van der Waals surface area contributed by atoms with Crippen molar-refractivity contribution >= 4 is 33.8 Å². The zero-order valence-electron chi connectivity index (χ0n) is 14.8. The summed E-state index contributed by atoms with van der Waals surface area (Å²) in [6, 6.07) is 16.0. The Hall–Kier alpha value is -2.66. The number of thiazole rings is 1. The van der Waals surface area contributed by atoms with Gasteiger partial charge in [0.25, 0.3) is 5.91 Å². The van der Waals surface area contributed by atoms with Crippen molar-refractivity contribution in [2.45, 2.75) is 20.8 Å². The van der Waals surface area contributed by atoms with Gasteiger partial charge in [0, 0.05) is 18.4 Å². The second-order valence-corrected chi connectivity index (χ2v) is 7.06. The molecule has 3 rings (SSSR count). The maximum Gasteiger partial charge on any atom is 0.267 e. The number of benzene rings is 2. The van der Waals surface area contributed by atoms with Gasteiger partial charge in [0.15, 0.2) is 5.13 Å². The van der Waals surface area contributed by atoms with E-state index in [0.717, 1.165) is 33.3 Å². The minimum atomic E-state index is -0.114. The maximum absolute atomic E-state index is 12.7. The number of aryl methyl sites for hydroxylation is 3. The number of rotatable bonds is 4. The summed E-state index contributed by atoms with van der Waals surface area (Å²) in [6.45, 7) is 5.88. The largest absolute Gasteiger partial charge is 0.321 e. The Morgan fingerprint density at radius 3 is 2.52 bits per heavy atom. The van der Waals surface area contributed by atoms with E-state index in [-0.39, 0.29) is 5.91 Å². The zero-order valence-corrected chi connectivity index (χ0v) is 15.6. The van der Waals surface area contributed by atoms with E-state index < -0.39 is 0 Å². The van der Waals surface area contributed by atoms with Crippen LogP contribution in [0, 0.1) is 20.8 Å². The minimum Gasteiger partial charge on any atom is -0.321 e. The lowest BCUT2D eigenvalue weighted by molar-refractivity contribution is 0.102. The molecule has 0 radical (unpaired) electrons. The number of nitrogens with zero attached hydrogens (tertiary/aromatic N) is 2. The number of hydrogen-bond donors (Lipinski definition) is 1. The van der Waals surface area contributed by atoms with E-state index >= 15 is 0 Å². The first-order valence-electron chi connectivity index (χ1n) is 8.10. The Labute approximate surface area is 152 Å². The molecule has 0 atom stereocenters. The van der Waals surface area contributed by atoms with Crippen LogP contribution in [0.15, 0.2) is 48.5 Å². The van der Waals surface area contributed by atoms with Gasteiger partial charge in [0.05, 0.1) is 5.69 Å². The SMILES string of the molecule is Cc1ccc(C)c(NC(=O)c2sc(N(C)c3ccccc3)nc2C)c1. The Morgan fingerprint density at radius 1 is 1.08 bits per heavy atom. The molecule has 128 valence electrons. The fraction of sp³-hybridized carbons (Fsp3) is 0.200. The van der Waals surface area contributed by atoms with Crippen LogP contribution in [0.25, 0.3) is 0 Å². The molecule has 25 heavy (non-hydrogen) atoms. The summed E-state index contributed by atoms with van der Waals surface area (Å²) >= 11 is 1.40. The third-order valence-electron chi connectivity index (χ3n) is 4.06. The number of amides is 1. The summed E-state index contributed by atoms with van der Waals surface area (Å²) < 4.78 is 0. The molecule has 0 aliphatic carbocycles. The van der Waals surface area contributed by atoms with Gasteiger partial charge in [-0.2, -0.15) is 0 Å². The highest BCUT2D eigenvalue weighted by Gasteiger charge is 2.18. The van der Waals surface area contributed by atoms with Gasteiger partial charge in [-0.05, 0) is 50.1 Å². The number of anilines is 3. The third kappa shape index (κ3) is 3.72. The summed E-state index contributed by atoms with van der Waals surface area (Å²) in [4.78, 5) is 19.9. The highest BCUT2D eigenvalue weighted by Crippen LogP contribution is 2.31. The molecule has 2 aromatic carbocycles. The molecule has 1 aromatic heterocycles. The van der Waals surface area contributed by atoms with E-state index in [1.165, 1.54) is 11.3 Å². The fourth-order valence-corrected chi connectivity index (χ4v) is 3.49. The fourth-order valence-electron chi connectivity index (χ4n) is 2.55. The van der Waals surface area contributed by atoms with Crippen LogP contribution < -0.4 is 10.2 Å². The van der Waals surface area contributed by atoms with Gasteiger partial charge in [-0.25, -0.2) is 4.98 Å². The van der Waals surface area contributed by atoms with Gasteiger partial charge in [-0.3, -0.25) is 4.79 Å². The minimum absolute atomic E-state index is 0.114. The standard InChI is InChI=1S/C20H21N3OS/c1-13-10-11-14(2)17(12-13)22-19(24)18-15(3)21-20(25-18)23(4)16-8-6-5-7-9-16/h5-12H,1-4H3,(H,22,24). The molecular formula is C20H21N3OS. The first-order valence-corrected chi connectivity index (χ1v) is 8.92. The number of nitrogens with one attached hydrogen (secondary N) is 1. The number of para-hydroxylation sites is 1. The highest BCUT2D eigenvalue weighted by molar-refractivity contribution is 7.17. The highest BCUT2D eigenvalue weighted by atomic mass is 32.1. The van der Waals surface area contributed by atoms with Gasteiger partial charge in [0.1, 0.15) is 4.88 Å². The lowest BCUT2D eigenvalue weighted by Crippen LogP contribution is -2.12. The van der Waals surface area contributed by atoms with Gasteiger partial charge in [0.2, 0.25) is 0 Å². The molecule has 0 saturated heterocycles. The number of hydrogen-bond acceptors (Lipinski definition) is 4. The normalized spacial score (nSPS) is 10.6. The summed E-state index contributed by atoms with van der Waals surface area (Å²) in [7, 11) is 1.96. The van der Waals surface area contributed by atoms with Gasteiger partial charge >= 0.3 is 0 Å². The van der Waals surface area contributed by atoms with E-state index in [1.807, 2.05) is 81.2 Å². The van der Waals surface area contributed by atoms with E-state index in [0.29, 0.717) is 4.88 Å². The number of carbonyl (C=O) groups is 1. The second kappa shape index (κ2) is 7.07. The van der Waals surface area contributed by atoms with Crippen molar-refractivity contribution in [3.63, 3.8) is 0 Å². The van der Waals surface area contributed by atoms with Crippen LogP contribution in [0.1, 0.15) is 26.5 Å². The van der Waals surface area contributed by atoms with E-state index in [9.17, 15) is 4.79 Å². The summed E-state index contributed by atoms with van der Waals surface area (Å²) in [5.41, 5.74) is 4.79. The molecule has 3 aromatic rings. The second-order valence-electron chi connectivity index (χ2n) is 6.08. The number of carbonyl (C=O) groups excluding carboxylic acids is 1. The van der Waals surface area contributed by atoms with Gasteiger partial charge < -0.3 is 10.2 Å². The van der Waals surface area contributed by atoms with Crippen molar-refractivity contribution < 1.29 is 4.79 Å². The van der Waals surface area contributed by atoms with Crippen LogP contribution >= 0.6 is 11.3 Å². The third-order valence-corrected chi connectivity index (χ3v) is 5.30. The van der Waals surface area contributed by atoms with E-state index in [1.54, 1.807) is 0 Å². The first-order chi connectivity index (χ1) is 12.0. The van der Waals surface area contributed by atoms with Crippen LogP contribution in [-0.2, 0) is 0 Å². The quantitative estimate of drug-likeness (QED) is 0.712. The van der Waals surface area contributed by atoms with E-state index in [4.69, 9.17) is 0 Å². The smallest absolute Gasteiger partial charge is 0.267 e. The molecule has 1 heterocycles. The van der Waals surface area contributed by atoms with Crippen molar-refractivity contribution in [2.75, 3.05) is 17.3 Å². The molecule has 0 aliphatic rings. The molecular weight excluding hydrogens is 330 g/mol. The van der Waals surface area contributed by atoms with Crippen LogP contribution in [0.2, 0.25) is 0 Å². The molecule has 1 amide bonds. The van der Waals surface area contributed by atoms with Gasteiger partial charge in [-0.15, -0.1) is 0 Å². The molecule has 0 bridgehead atoms. The molecule has 0 aliphatic heterocycles. The lowest BCUT2D eigenvalue weighted by Gasteiger charge is -2.15. The average molecular weight is 351 g/mol. The topological polar surface area (TPSA) is 45.2 Å². The predicted molar refractivity (Wildman–Crippen MR) is 105 cm³/mol. The number of aromatic nitrogens is 1. The van der Waals surface area contributed by atoms with Crippen molar-refractivity contribution in [1.82, 2.24) is 4.98 Å². The van der Waals surface area contributed by atoms with Crippen molar-refractivity contribution in [3.05, 3.63) is 70.2 Å². The zero-order chi connectivity index (χ0) is 18.0. The summed E-state index contributed by atoms with van der Waals surface area (Å²) in [6.07, 6.45) is 0. The Bertz CT molecular complexity index is 903. The Balaban J connectivity index is 1.85. The Kier molecular flexibility index (Phi) is 4.86. The van der Waals surface area contributed by atoms with Crippen molar-refractivity contribution in [3.8, 4) is 0 Å². The van der Waals surface area contributed by atoms with Crippen LogP contribution in [-0.4, -0.2) is 17.9 Å². The average Bonchev–Trinajstić information content (AvgIpc) is 3.00. The maximum atomic E-state index is 12.7. The molecule has 5 heteroatoms. The molecule has 0 spiro atoms. The van der Waals surface area contributed by atoms with Crippen LogP contribution in [0.4, 0.5) is 16.5 Å². The Morgan fingerprint density at radius 2 is 1.80 bits per heavy atom. The molecule has 1 N–H and O–H groups in total. The molecule has 4 nitrogen and oxygen atoms in total. The monoisotopic (exact) mass is 351 g/mol. The summed E-state index contributed by atoms with van der Waals surface area (Å²) in [5, 5.41) is 3.81. The van der Waals surface area contributed by atoms with Crippen molar-refractivity contribution in [1.29, 1.82) is 0 Å². The molecule has 0 unspecified atom stereocenters.